The number of halogens is 1. The van der Waals surface area contributed by atoms with Crippen molar-refractivity contribution in [3.05, 3.63) is 12.2 Å². The van der Waals surface area contributed by atoms with E-state index in [-0.39, 0.29) is 11.9 Å². The zero-order chi connectivity index (χ0) is 9.68. The van der Waals surface area contributed by atoms with E-state index in [0.717, 1.165) is 31.3 Å². The maximum absolute atomic E-state index is 11.2. The molecule has 0 spiro atoms. The Bertz CT molecular complexity index is 203. The molecule has 2 nitrogen and oxygen atoms in total. The lowest BCUT2D eigenvalue weighted by Crippen LogP contribution is -2.33. The third-order valence-corrected chi connectivity index (χ3v) is 2.67. The van der Waals surface area contributed by atoms with Crippen molar-refractivity contribution in [2.45, 2.75) is 38.1 Å². The molecule has 0 bridgehead atoms. The Labute approximate surface area is 84.3 Å². The SMILES string of the molecule is C=C(CCl)CC1CCCCC(=O)N1. The van der Waals surface area contributed by atoms with Gasteiger partial charge in [-0.05, 0) is 19.3 Å². The van der Waals surface area contributed by atoms with Gasteiger partial charge >= 0.3 is 0 Å². The summed E-state index contributed by atoms with van der Waals surface area (Å²) in [6, 6.07) is 0.265. The monoisotopic (exact) mass is 201 g/mol. The predicted molar refractivity (Wildman–Crippen MR) is 54.9 cm³/mol. The molecule has 1 unspecified atom stereocenters. The Balaban J connectivity index is 2.39. The van der Waals surface area contributed by atoms with Gasteiger partial charge in [0.15, 0.2) is 0 Å². The van der Waals surface area contributed by atoms with Gasteiger partial charge in [0.25, 0.3) is 0 Å². The minimum Gasteiger partial charge on any atom is -0.353 e. The second kappa shape index (κ2) is 5.28. The minimum absolute atomic E-state index is 0.171. The molecule has 0 aromatic heterocycles. The van der Waals surface area contributed by atoms with Crippen LogP contribution in [0.2, 0.25) is 0 Å². The van der Waals surface area contributed by atoms with Crippen LogP contribution in [0.1, 0.15) is 32.1 Å². The molecule has 1 aliphatic rings. The smallest absolute Gasteiger partial charge is 0.220 e. The Morgan fingerprint density at radius 3 is 3.08 bits per heavy atom. The Hall–Kier alpha value is -0.500. The maximum Gasteiger partial charge on any atom is 0.220 e. The number of rotatable bonds is 3. The molecule has 1 fully saturated rings. The molecule has 1 saturated heterocycles. The zero-order valence-electron chi connectivity index (χ0n) is 7.81. The second-order valence-corrected chi connectivity index (χ2v) is 3.87. The highest BCUT2D eigenvalue weighted by atomic mass is 35.5. The summed E-state index contributed by atoms with van der Waals surface area (Å²) in [5.41, 5.74) is 1.01. The fraction of sp³-hybridized carbons (Fsp3) is 0.700. The first-order valence-electron chi connectivity index (χ1n) is 4.74. The average Bonchev–Trinajstić information content (AvgIpc) is 2.30. The maximum atomic E-state index is 11.2. The van der Waals surface area contributed by atoms with Gasteiger partial charge in [0.1, 0.15) is 0 Å². The van der Waals surface area contributed by atoms with E-state index in [1.54, 1.807) is 0 Å². The lowest BCUT2D eigenvalue weighted by atomic mass is 10.0. The van der Waals surface area contributed by atoms with Crippen LogP contribution < -0.4 is 5.32 Å². The van der Waals surface area contributed by atoms with Gasteiger partial charge in [0.2, 0.25) is 5.91 Å². The van der Waals surface area contributed by atoms with E-state index >= 15 is 0 Å². The van der Waals surface area contributed by atoms with Gasteiger partial charge < -0.3 is 5.32 Å². The van der Waals surface area contributed by atoms with Crippen LogP contribution >= 0.6 is 11.6 Å². The van der Waals surface area contributed by atoms with E-state index in [9.17, 15) is 4.79 Å². The summed E-state index contributed by atoms with van der Waals surface area (Å²) < 4.78 is 0. The number of nitrogens with one attached hydrogen (secondary N) is 1. The quantitative estimate of drug-likeness (QED) is 0.551. The summed E-state index contributed by atoms with van der Waals surface area (Å²) in [5.74, 6) is 0.664. The van der Waals surface area contributed by atoms with Crippen LogP contribution in [0.15, 0.2) is 12.2 Å². The first-order valence-corrected chi connectivity index (χ1v) is 5.28. The van der Waals surface area contributed by atoms with Crippen LogP contribution in [-0.2, 0) is 4.79 Å². The Morgan fingerprint density at radius 1 is 1.62 bits per heavy atom. The standard InChI is InChI=1S/C10H16ClNO/c1-8(7-11)6-9-4-2-3-5-10(13)12-9/h9H,1-7H2,(H,12,13). The van der Waals surface area contributed by atoms with Gasteiger partial charge in [-0.2, -0.15) is 0 Å². The Kier molecular flexibility index (Phi) is 4.29. The molecule has 1 atom stereocenters. The lowest BCUT2D eigenvalue weighted by Gasteiger charge is -2.15. The fourth-order valence-corrected chi connectivity index (χ4v) is 1.71. The van der Waals surface area contributed by atoms with Crippen LogP contribution in [0.4, 0.5) is 0 Å². The van der Waals surface area contributed by atoms with Crippen molar-refractivity contribution in [3.8, 4) is 0 Å². The van der Waals surface area contributed by atoms with E-state index in [4.69, 9.17) is 11.6 Å². The van der Waals surface area contributed by atoms with Crippen molar-refractivity contribution >= 4 is 17.5 Å². The third kappa shape index (κ3) is 3.81. The number of carbonyl (C=O) groups is 1. The molecule has 1 amide bonds. The van der Waals surface area contributed by atoms with Gasteiger partial charge in [0.05, 0.1) is 0 Å². The van der Waals surface area contributed by atoms with Crippen molar-refractivity contribution in [2.24, 2.45) is 0 Å². The van der Waals surface area contributed by atoms with Gasteiger partial charge in [-0.25, -0.2) is 0 Å². The van der Waals surface area contributed by atoms with E-state index < -0.39 is 0 Å². The molecular weight excluding hydrogens is 186 g/mol. The molecule has 0 radical (unpaired) electrons. The van der Waals surface area contributed by atoms with E-state index in [1.807, 2.05) is 0 Å². The topological polar surface area (TPSA) is 29.1 Å². The van der Waals surface area contributed by atoms with Gasteiger partial charge in [-0.1, -0.05) is 18.6 Å². The molecule has 1 aliphatic heterocycles. The molecule has 3 heteroatoms. The highest BCUT2D eigenvalue weighted by Crippen LogP contribution is 2.15. The largest absolute Gasteiger partial charge is 0.353 e. The summed E-state index contributed by atoms with van der Waals surface area (Å²) in [7, 11) is 0. The Morgan fingerprint density at radius 2 is 2.38 bits per heavy atom. The number of carbonyl (C=O) groups excluding carboxylic acids is 1. The molecule has 0 aromatic carbocycles. The summed E-state index contributed by atoms with van der Waals surface area (Å²) in [6.07, 6.45) is 4.69. The molecule has 74 valence electrons. The van der Waals surface area contributed by atoms with Crippen LogP contribution in [0.3, 0.4) is 0 Å². The molecule has 1 rings (SSSR count). The van der Waals surface area contributed by atoms with Crippen molar-refractivity contribution < 1.29 is 4.79 Å². The second-order valence-electron chi connectivity index (χ2n) is 3.60. The van der Waals surface area contributed by atoms with E-state index in [0.29, 0.717) is 12.3 Å². The summed E-state index contributed by atoms with van der Waals surface area (Å²) in [6.45, 7) is 3.84. The van der Waals surface area contributed by atoms with Gasteiger partial charge in [-0.15, -0.1) is 11.6 Å². The number of hydrogen-bond donors (Lipinski definition) is 1. The van der Waals surface area contributed by atoms with Crippen molar-refractivity contribution in [2.75, 3.05) is 5.88 Å². The molecule has 1 N–H and O–H groups in total. The summed E-state index contributed by atoms with van der Waals surface area (Å²) in [5, 5.41) is 2.99. The highest BCUT2D eigenvalue weighted by Gasteiger charge is 2.16. The van der Waals surface area contributed by atoms with Crippen LogP contribution in [0, 0.1) is 0 Å². The average molecular weight is 202 g/mol. The van der Waals surface area contributed by atoms with Crippen molar-refractivity contribution in [3.63, 3.8) is 0 Å². The van der Waals surface area contributed by atoms with Gasteiger partial charge in [0, 0.05) is 18.3 Å². The number of amides is 1. The summed E-state index contributed by atoms with van der Waals surface area (Å²) in [4.78, 5) is 11.2. The van der Waals surface area contributed by atoms with Crippen molar-refractivity contribution in [1.82, 2.24) is 5.32 Å². The van der Waals surface area contributed by atoms with Crippen LogP contribution in [0.25, 0.3) is 0 Å². The lowest BCUT2D eigenvalue weighted by molar-refractivity contribution is -0.121. The molecule has 0 aromatic rings. The minimum atomic E-state index is 0.171. The number of alkyl halides is 1. The van der Waals surface area contributed by atoms with Crippen molar-refractivity contribution in [1.29, 1.82) is 0 Å². The zero-order valence-corrected chi connectivity index (χ0v) is 8.57. The molecule has 13 heavy (non-hydrogen) atoms. The predicted octanol–water partition coefficient (Wildman–Crippen LogP) is 2.23. The first-order chi connectivity index (χ1) is 6.22. The highest BCUT2D eigenvalue weighted by molar-refractivity contribution is 6.19. The molecular formula is C10H16ClNO. The third-order valence-electron chi connectivity index (χ3n) is 2.30. The van der Waals surface area contributed by atoms with Crippen LogP contribution in [0.5, 0.6) is 0 Å². The molecule has 0 saturated carbocycles. The fourth-order valence-electron chi connectivity index (χ4n) is 1.60. The number of hydrogen-bond acceptors (Lipinski definition) is 1. The normalized spacial score (nSPS) is 23.5. The molecule has 1 heterocycles. The van der Waals surface area contributed by atoms with Crippen LogP contribution in [-0.4, -0.2) is 17.8 Å². The molecule has 0 aliphatic carbocycles. The van der Waals surface area contributed by atoms with E-state index in [2.05, 4.69) is 11.9 Å². The van der Waals surface area contributed by atoms with Gasteiger partial charge in [-0.3, -0.25) is 4.79 Å². The first kappa shape index (κ1) is 10.6. The summed E-state index contributed by atoms with van der Waals surface area (Å²) >= 11 is 5.64. The van der Waals surface area contributed by atoms with E-state index in [1.165, 1.54) is 0 Å².